The lowest BCUT2D eigenvalue weighted by Gasteiger charge is -2.10. The van der Waals surface area contributed by atoms with E-state index in [1.54, 1.807) is 0 Å². The molecule has 1 aliphatic carbocycles. The van der Waals surface area contributed by atoms with Crippen LogP contribution in [0.3, 0.4) is 0 Å². The summed E-state index contributed by atoms with van der Waals surface area (Å²) >= 11 is 0. The van der Waals surface area contributed by atoms with E-state index < -0.39 is 0 Å². The van der Waals surface area contributed by atoms with Crippen LogP contribution in [0.15, 0.2) is 30.3 Å². The van der Waals surface area contributed by atoms with Crippen LogP contribution in [-0.4, -0.2) is 16.5 Å². The molecule has 1 aromatic heterocycles. The maximum atomic E-state index is 4.59. The Morgan fingerprint density at radius 2 is 2.00 bits per heavy atom. The molecule has 21 heavy (non-hydrogen) atoms. The number of hydrogen-bond acceptors (Lipinski definition) is 4. The zero-order chi connectivity index (χ0) is 14.7. The maximum absolute atomic E-state index is 4.59. The van der Waals surface area contributed by atoms with Crippen LogP contribution in [0.4, 0.5) is 11.8 Å². The first kappa shape index (κ1) is 13.9. The minimum atomic E-state index is 0.630. The third-order valence-electron chi connectivity index (χ3n) is 3.63. The summed E-state index contributed by atoms with van der Waals surface area (Å²) < 4.78 is 0. The molecule has 1 heterocycles. The van der Waals surface area contributed by atoms with E-state index in [1.807, 2.05) is 0 Å². The number of aryl methyl sites for hydroxylation is 1. The van der Waals surface area contributed by atoms with Crippen molar-refractivity contribution in [2.24, 2.45) is 0 Å². The van der Waals surface area contributed by atoms with Crippen molar-refractivity contribution in [2.45, 2.75) is 39.2 Å². The molecule has 0 unspecified atom stereocenters. The minimum absolute atomic E-state index is 0.630. The highest BCUT2D eigenvalue weighted by Crippen LogP contribution is 2.39. The van der Waals surface area contributed by atoms with Crippen LogP contribution in [0, 0.1) is 6.92 Å². The number of aromatic nitrogens is 2. The van der Waals surface area contributed by atoms with Gasteiger partial charge in [0.1, 0.15) is 5.82 Å². The summed E-state index contributed by atoms with van der Waals surface area (Å²) in [5.74, 6) is 2.27. The van der Waals surface area contributed by atoms with E-state index in [1.165, 1.54) is 24.0 Å². The molecule has 1 aliphatic rings. The Hall–Kier alpha value is -2.10. The number of anilines is 2. The lowest BCUT2D eigenvalue weighted by atomic mass is 10.1. The second kappa shape index (κ2) is 6.12. The van der Waals surface area contributed by atoms with Gasteiger partial charge in [0.05, 0.1) is 5.69 Å². The number of hydrogen-bond donors (Lipinski definition) is 2. The zero-order valence-electron chi connectivity index (χ0n) is 12.7. The predicted octanol–water partition coefficient (Wildman–Crippen LogP) is 3.71. The number of nitrogens with one attached hydrogen (secondary N) is 2. The molecule has 0 spiro atoms. The molecular weight excluding hydrogens is 260 g/mol. The molecule has 1 aromatic carbocycles. The van der Waals surface area contributed by atoms with Gasteiger partial charge >= 0.3 is 0 Å². The Balaban J connectivity index is 1.74. The average Bonchev–Trinajstić information content (AvgIpc) is 3.30. The van der Waals surface area contributed by atoms with E-state index in [-0.39, 0.29) is 0 Å². The van der Waals surface area contributed by atoms with Gasteiger partial charge < -0.3 is 10.6 Å². The molecule has 2 N–H and O–H groups in total. The Labute approximate surface area is 126 Å². The Bertz CT molecular complexity index is 620. The van der Waals surface area contributed by atoms with Gasteiger partial charge in [-0.3, -0.25) is 0 Å². The average molecular weight is 282 g/mol. The Morgan fingerprint density at radius 1 is 1.14 bits per heavy atom. The molecule has 0 saturated heterocycles. The van der Waals surface area contributed by atoms with Gasteiger partial charge in [0, 0.05) is 25.1 Å². The fraction of sp³-hybridized carbons (Fsp3) is 0.412. The van der Waals surface area contributed by atoms with Crippen LogP contribution < -0.4 is 10.6 Å². The summed E-state index contributed by atoms with van der Waals surface area (Å²) in [7, 11) is 0. The van der Waals surface area contributed by atoms with Gasteiger partial charge in [0.25, 0.3) is 0 Å². The second-order valence-electron chi connectivity index (χ2n) is 5.65. The molecule has 1 saturated carbocycles. The first-order valence-electron chi connectivity index (χ1n) is 7.67. The number of nitrogens with zero attached hydrogens (tertiary/aromatic N) is 2. The van der Waals surface area contributed by atoms with Crippen LogP contribution in [-0.2, 0) is 6.54 Å². The van der Waals surface area contributed by atoms with Crippen molar-refractivity contribution in [2.75, 3.05) is 17.2 Å². The highest BCUT2D eigenvalue weighted by atomic mass is 15.1. The van der Waals surface area contributed by atoms with Crippen molar-refractivity contribution in [3.8, 4) is 0 Å². The van der Waals surface area contributed by atoms with E-state index in [4.69, 9.17) is 0 Å². The minimum Gasteiger partial charge on any atom is -0.366 e. The van der Waals surface area contributed by atoms with Gasteiger partial charge in [0.15, 0.2) is 0 Å². The van der Waals surface area contributed by atoms with E-state index in [0.29, 0.717) is 5.92 Å². The van der Waals surface area contributed by atoms with Gasteiger partial charge in [-0.15, -0.1) is 0 Å². The highest BCUT2D eigenvalue weighted by molar-refractivity contribution is 5.44. The van der Waals surface area contributed by atoms with Crippen molar-refractivity contribution in [3.63, 3.8) is 0 Å². The standard InChI is InChI=1S/C17H22N4/c1-3-18-17-20-15(14-7-8-14)10-16(21-17)19-11-13-6-4-5-12(2)9-13/h4-6,9-10,14H,3,7-8,11H2,1-2H3,(H2,18,19,20,21). The zero-order valence-corrected chi connectivity index (χ0v) is 12.7. The van der Waals surface area contributed by atoms with Gasteiger partial charge in [0.2, 0.25) is 5.95 Å². The fourth-order valence-electron chi connectivity index (χ4n) is 2.40. The van der Waals surface area contributed by atoms with Crippen molar-refractivity contribution in [1.82, 2.24) is 9.97 Å². The SMILES string of the molecule is CCNc1nc(NCc2cccc(C)c2)cc(C2CC2)n1. The van der Waals surface area contributed by atoms with Crippen LogP contribution in [0.1, 0.15) is 42.5 Å². The van der Waals surface area contributed by atoms with E-state index in [2.05, 4.69) is 64.8 Å². The molecular formula is C17H22N4. The van der Waals surface area contributed by atoms with Crippen LogP contribution in [0.5, 0.6) is 0 Å². The Kier molecular flexibility index (Phi) is 4.04. The third kappa shape index (κ3) is 3.72. The monoisotopic (exact) mass is 282 g/mol. The van der Waals surface area contributed by atoms with Gasteiger partial charge in [-0.1, -0.05) is 29.8 Å². The summed E-state index contributed by atoms with van der Waals surface area (Å²) in [4.78, 5) is 9.13. The van der Waals surface area contributed by atoms with Crippen molar-refractivity contribution >= 4 is 11.8 Å². The summed E-state index contributed by atoms with van der Waals surface area (Å²) in [5, 5.41) is 6.63. The van der Waals surface area contributed by atoms with Crippen LogP contribution >= 0.6 is 0 Å². The molecule has 4 heteroatoms. The molecule has 4 nitrogen and oxygen atoms in total. The van der Waals surface area contributed by atoms with E-state index in [0.717, 1.165) is 30.5 Å². The van der Waals surface area contributed by atoms with Crippen LogP contribution in [0.25, 0.3) is 0 Å². The molecule has 0 radical (unpaired) electrons. The molecule has 3 rings (SSSR count). The topological polar surface area (TPSA) is 49.8 Å². The summed E-state index contributed by atoms with van der Waals surface area (Å²) in [6, 6.07) is 10.6. The molecule has 110 valence electrons. The quantitative estimate of drug-likeness (QED) is 0.848. The van der Waals surface area contributed by atoms with E-state index >= 15 is 0 Å². The van der Waals surface area contributed by atoms with Gasteiger partial charge in [-0.25, -0.2) is 4.98 Å². The molecule has 0 aliphatic heterocycles. The fourth-order valence-corrected chi connectivity index (χ4v) is 2.40. The largest absolute Gasteiger partial charge is 0.366 e. The third-order valence-corrected chi connectivity index (χ3v) is 3.63. The molecule has 0 atom stereocenters. The van der Waals surface area contributed by atoms with Crippen LogP contribution in [0.2, 0.25) is 0 Å². The predicted molar refractivity (Wildman–Crippen MR) is 86.7 cm³/mol. The first-order valence-corrected chi connectivity index (χ1v) is 7.67. The van der Waals surface area contributed by atoms with Gasteiger partial charge in [-0.2, -0.15) is 4.98 Å². The summed E-state index contributed by atoms with van der Waals surface area (Å²) in [5.41, 5.74) is 3.71. The highest BCUT2D eigenvalue weighted by Gasteiger charge is 2.26. The number of rotatable bonds is 6. The lowest BCUT2D eigenvalue weighted by molar-refractivity contribution is 0.966. The van der Waals surface area contributed by atoms with Gasteiger partial charge in [-0.05, 0) is 32.3 Å². The summed E-state index contributed by atoms with van der Waals surface area (Å²) in [6.45, 7) is 5.80. The lowest BCUT2D eigenvalue weighted by Crippen LogP contribution is -2.08. The molecule has 1 fully saturated rings. The number of benzene rings is 1. The smallest absolute Gasteiger partial charge is 0.224 e. The normalized spacial score (nSPS) is 14.0. The van der Waals surface area contributed by atoms with Crippen molar-refractivity contribution in [3.05, 3.63) is 47.2 Å². The maximum Gasteiger partial charge on any atom is 0.224 e. The molecule has 0 bridgehead atoms. The van der Waals surface area contributed by atoms with Crippen molar-refractivity contribution in [1.29, 1.82) is 0 Å². The molecule has 0 amide bonds. The first-order chi connectivity index (χ1) is 10.2. The summed E-state index contributed by atoms with van der Waals surface area (Å²) in [6.07, 6.45) is 2.50. The van der Waals surface area contributed by atoms with E-state index in [9.17, 15) is 0 Å². The molecule has 2 aromatic rings. The second-order valence-corrected chi connectivity index (χ2v) is 5.65. The Morgan fingerprint density at radius 3 is 2.71 bits per heavy atom. The van der Waals surface area contributed by atoms with Crippen molar-refractivity contribution < 1.29 is 0 Å².